The fourth-order valence-corrected chi connectivity index (χ4v) is 3.17. The first-order chi connectivity index (χ1) is 12.1. The van der Waals surface area contributed by atoms with Crippen LogP contribution in [0.5, 0.6) is 0 Å². The van der Waals surface area contributed by atoms with Crippen molar-refractivity contribution in [2.24, 2.45) is 4.99 Å². The Hall–Kier alpha value is -2.40. The van der Waals surface area contributed by atoms with Crippen LogP contribution in [-0.4, -0.2) is 40.3 Å². The fraction of sp³-hybridized carbons (Fsp3) is 0.400. The van der Waals surface area contributed by atoms with E-state index >= 15 is 0 Å². The highest BCUT2D eigenvalue weighted by atomic mass is 16.3. The van der Waals surface area contributed by atoms with Crippen molar-refractivity contribution in [3.8, 4) is 5.69 Å². The molecule has 0 spiro atoms. The maximum absolute atomic E-state index is 9.79. The van der Waals surface area contributed by atoms with E-state index in [1.54, 1.807) is 6.21 Å². The Morgan fingerprint density at radius 1 is 1.16 bits per heavy atom. The quantitative estimate of drug-likeness (QED) is 0.868. The molecule has 0 amide bonds. The molecule has 1 N–H and O–H groups in total. The van der Waals surface area contributed by atoms with Crippen molar-refractivity contribution in [1.82, 2.24) is 9.78 Å². The Morgan fingerprint density at radius 2 is 1.84 bits per heavy atom. The Labute approximate surface area is 148 Å². The lowest BCUT2D eigenvalue weighted by molar-refractivity contribution is 0.145. The normalized spacial score (nSPS) is 17.8. The standard InChI is InChI=1S/C20H26N4O/c1-4-18-19(14-21-5-2)24(16-8-6-15(3)7-9-16)22-20(18)23-12-10-17(25)11-13-23/h4-9,14,17,25H,10-13H2,1-3H3/b18-4+,19-14+,21-5?. The maximum Gasteiger partial charge on any atom is 0.158 e. The van der Waals surface area contributed by atoms with Crippen LogP contribution in [0.15, 0.2) is 29.3 Å². The summed E-state index contributed by atoms with van der Waals surface area (Å²) >= 11 is 0. The summed E-state index contributed by atoms with van der Waals surface area (Å²) < 4.78 is 1.96. The molecule has 132 valence electrons. The molecule has 3 rings (SSSR count). The van der Waals surface area contributed by atoms with Gasteiger partial charge >= 0.3 is 0 Å². The van der Waals surface area contributed by atoms with E-state index in [0.29, 0.717) is 0 Å². The van der Waals surface area contributed by atoms with E-state index in [1.807, 2.05) is 24.7 Å². The van der Waals surface area contributed by atoms with E-state index in [0.717, 1.165) is 48.0 Å². The van der Waals surface area contributed by atoms with Gasteiger partial charge in [0.2, 0.25) is 0 Å². The van der Waals surface area contributed by atoms with E-state index in [9.17, 15) is 5.11 Å². The number of aromatic nitrogens is 2. The summed E-state index contributed by atoms with van der Waals surface area (Å²) in [5.74, 6) is 0.965. The minimum Gasteiger partial charge on any atom is -0.393 e. The Balaban J connectivity index is 2.16. The molecule has 0 radical (unpaired) electrons. The molecule has 5 heteroatoms. The average Bonchev–Trinajstić information content (AvgIpc) is 2.99. The summed E-state index contributed by atoms with van der Waals surface area (Å²) in [7, 11) is 0. The highest BCUT2D eigenvalue weighted by Gasteiger charge is 2.21. The second kappa shape index (κ2) is 7.66. The molecular formula is C20H26N4O. The van der Waals surface area contributed by atoms with Crippen molar-refractivity contribution < 1.29 is 5.11 Å². The first-order valence-electron chi connectivity index (χ1n) is 8.87. The zero-order chi connectivity index (χ0) is 17.8. The van der Waals surface area contributed by atoms with Crippen LogP contribution in [0.3, 0.4) is 0 Å². The van der Waals surface area contributed by atoms with Gasteiger partial charge in [-0.1, -0.05) is 23.8 Å². The van der Waals surface area contributed by atoms with Crippen LogP contribution in [0.2, 0.25) is 0 Å². The zero-order valence-electron chi connectivity index (χ0n) is 15.2. The number of benzene rings is 1. The van der Waals surface area contributed by atoms with Crippen LogP contribution >= 0.6 is 0 Å². The predicted molar refractivity (Wildman–Crippen MR) is 104 cm³/mol. The number of aryl methyl sites for hydroxylation is 1. The van der Waals surface area contributed by atoms with Gasteiger partial charge in [-0.15, -0.1) is 5.10 Å². The zero-order valence-corrected chi connectivity index (χ0v) is 15.2. The van der Waals surface area contributed by atoms with E-state index in [1.165, 1.54) is 5.56 Å². The summed E-state index contributed by atoms with van der Waals surface area (Å²) in [4.78, 5) is 6.60. The smallest absolute Gasteiger partial charge is 0.158 e. The van der Waals surface area contributed by atoms with Crippen molar-refractivity contribution in [2.45, 2.75) is 39.7 Å². The van der Waals surface area contributed by atoms with Gasteiger partial charge in [0, 0.05) is 24.5 Å². The first-order valence-corrected chi connectivity index (χ1v) is 8.87. The number of anilines is 1. The van der Waals surface area contributed by atoms with Crippen LogP contribution in [0, 0.1) is 6.92 Å². The van der Waals surface area contributed by atoms with E-state index in [2.05, 4.69) is 47.2 Å². The Kier molecular flexibility index (Phi) is 5.34. The van der Waals surface area contributed by atoms with Crippen LogP contribution in [0.4, 0.5) is 5.82 Å². The largest absolute Gasteiger partial charge is 0.393 e. The average molecular weight is 338 g/mol. The molecule has 0 bridgehead atoms. The van der Waals surface area contributed by atoms with Crippen LogP contribution in [0.1, 0.15) is 32.3 Å². The van der Waals surface area contributed by atoms with E-state index in [-0.39, 0.29) is 6.10 Å². The summed E-state index contributed by atoms with van der Waals surface area (Å²) in [5, 5.41) is 16.8. The number of hydrogen-bond acceptors (Lipinski definition) is 4. The minimum absolute atomic E-state index is 0.194. The van der Waals surface area contributed by atoms with Crippen LogP contribution < -0.4 is 15.5 Å². The summed E-state index contributed by atoms with van der Waals surface area (Å²) in [5.41, 5.74) is 2.25. The number of nitrogens with zero attached hydrogens (tertiary/aromatic N) is 4. The minimum atomic E-state index is -0.194. The summed E-state index contributed by atoms with van der Waals surface area (Å²) in [6.45, 7) is 7.67. The molecular weight excluding hydrogens is 312 g/mol. The topological polar surface area (TPSA) is 53.6 Å². The first kappa shape index (κ1) is 17.4. The van der Waals surface area contributed by atoms with Gasteiger partial charge in [0.05, 0.1) is 23.3 Å². The molecule has 2 heterocycles. The molecule has 1 aromatic carbocycles. The third kappa shape index (κ3) is 3.66. The van der Waals surface area contributed by atoms with Gasteiger partial charge in [0.15, 0.2) is 5.82 Å². The second-order valence-electron chi connectivity index (χ2n) is 6.41. The number of aliphatic imine (C=N–C) groups is 1. The number of hydrogen-bond donors (Lipinski definition) is 1. The van der Waals surface area contributed by atoms with Crippen LogP contribution in [0.25, 0.3) is 18.0 Å². The lowest BCUT2D eigenvalue weighted by atomic mass is 10.1. The highest BCUT2D eigenvalue weighted by Crippen LogP contribution is 2.15. The maximum atomic E-state index is 9.79. The van der Waals surface area contributed by atoms with Crippen molar-refractivity contribution >= 4 is 24.3 Å². The SMILES string of the molecule is CC=N/C=c1\c(=C/C)c(N2CCC(O)CC2)nn1-c1ccc(C)cc1. The molecule has 5 nitrogen and oxygen atoms in total. The highest BCUT2D eigenvalue weighted by molar-refractivity contribution is 5.58. The van der Waals surface area contributed by atoms with Gasteiger partial charge in [-0.25, -0.2) is 4.68 Å². The molecule has 1 aliphatic rings. The third-order valence-corrected chi connectivity index (χ3v) is 4.62. The summed E-state index contributed by atoms with van der Waals surface area (Å²) in [6.07, 6.45) is 7.11. The lowest BCUT2D eigenvalue weighted by Crippen LogP contribution is -2.39. The van der Waals surface area contributed by atoms with E-state index in [4.69, 9.17) is 5.10 Å². The van der Waals surface area contributed by atoms with Gasteiger partial charge in [0.1, 0.15) is 0 Å². The molecule has 1 saturated heterocycles. The van der Waals surface area contributed by atoms with Crippen molar-refractivity contribution in [1.29, 1.82) is 0 Å². The number of aliphatic hydroxyl groups is 1. The van der Waals surface area contributed by atoms with Gasteiger partial charge in [-0.3, -0.25) is 4.99 Å². The molecule has 1 aromatic heterocycles. The Bertz CT molecular complexity index is 856. The monoisotopic (exact) mass is 338 g/mol. The third-order valence-electron chi connectivity index (χ3n) is 4.62. The summed E-state index contributed by atoms with van der Waals surface area (Å²) in [6, 6.07) is 8.35. The fourth-order valence-electron chi connectivity index (χ4n) is 3.17. The van der Waals surface area contributed by atoms with Crippen molar-refractivity contribution in [3.63, 3.8) is 0 Å². The molecule has 0 saturated carbocycles. The molecule has 0 atom stereocenters. The van der Waals surface area contributed by atoms with E-state index < -0.39 is 0 Å². The van der Waals surface area contributed by atoms with Gasteiger partial charge in [-0.2, -0.15) is 0 Å². The molecule has 0 aliphatic carbocycles. The molecule has 2 aromatic rings. The number of rotatable bonds is 3. The van der Waals surface area contributed by atoms with Crippen molar-refractivity contribution in [3.05, 3.63) is 40.4 Å². The molecule has 1 fully saturated rings. The van der Waals surface area contributed by atoms with Crippen molar-refractivity contribution in [2.75, 3.05) is 18.0 Å². The molecule has 0 unspecified atom stereocenters. The van der Waals surface area contributed by atoms with Gasteiger partial charge in [-0.05, 0) is 45.7 Å². The number of piperidine rings is 1. The van der Waals surface area contributed by atoms with Gasteiger partial charge in [0.25, 0.3) is 0 Å². The number of aliphatic hydroxyl groups excluding tert-OH is 1. The predicted octanol–water partition coefficient (Wildman–Crippen LogP) is 1.77. The van der Waals surface area contributed by atoms with Gasteiger partial charge < -0.3 is 10.0 Å². The second-order valence-corrected chi connectivity index (χ2v) is 6.41. The molecule has 1 aliphatic heterocycles. The molecule has 25 heavy (non-hydrogen) atoms. The Morgan fingerprint density at radius 3 is 2.44 bits per heavy atom. The van der Waals surface area contributed by atoms with Crippen LogP contribution in [-0.2, 0) is 0 Å². The lowest BCUT2D eigenvalue weighted by Gasteiger charge is -2.29.